The quantitative estimate of drug-likeness (QED) is 0.753. The number of hydrogen-bond acceptors (Lipinski definition) is 2. The van der Waals surface area contributed by atoms with Gasteiger partial charge in [-0.2, -0.15) is 0 Å². The van der Waals surface area contributed by atoms with Gasteiger partial charge < -0.3 is 9.47 Å². The molecule has 2 heterocycles. The average Bonchev–Trinajstić information content (AvgIpc) is 3.04. The van der Waals surface area contributed by atoms with Gasteiger partial charge >= 0.3 is 0 Å². The molecule has 4 rings (SSSR count). The fourth-order valence-corrected chi connectivity index (χ4v) is 4.38. The van der Waals surface area contributed by atoms with Crippen molar-refractivity contribution < 1.29 is 9.47 Å². The number of hydrogen-bond donors (Lipinski definition) is 0. The van der Waals surface area contributed by atoms with Crippen LogP contribution in [0.5, 0.6) is 0 Å². The van der Waals surface area contributed by atoms with Gasteiger partial charge in [0.05, 0.1) is 12.2 Å². The number of fused-ring (bicyclic) bond motifs is 1. The zero-order valence-electron chi connectivity index (χ0n) is 13.9. The second-order valence-electron chi connectivity index (χ2n) is 7.02. The first-order valence-electron chi connectivity index (χ1n) is 8.61. The second kappa shape index (κ2) is 5.47. The van der Waals surface area contributed by atoms with Crippen molar-refractivity contribution in [1.29, 1.82) is 0 Å². The first kappa shape index (κ1) is 14.9. The van der Waals surface area contributed by atoms with E-state index < -0.39 is 5.79 Å². The van der Waals surface area contributed by atoms with E-state index in [4.69, 9.17) is 9.47 Å². The topological polar surface area (TPSA) is 18.5 Å². The molecule has 0 saturated carbocycles. The van der Waals surface area contributed by atoms with Crippen LogP contribution in [-0.4, -0.2) is 5.79 Å². The maximum absolute atomic E-state index is 6.48. The molecule has 2 aliphatic heterocycles. The molecule has 23 heavy (non-hydrogen) atoms. The van der Waals surface area contributed by atoms with E-state index in [2.05, 4.69) is 74.5 Å². The Morgan fingerprint density at radius 1 is 0.826 bits per heavy atom. The Bertz CT molecular complexity index is 613. The van der Waals surface area contributed by atoms with E-state index in [-0.39, 0.29) is 17.6 Å². The third-order valence-electron chi connectivity index (χ3n) is 5.87. The van der Waals surface area contributed by atoms with Crippen molar-refractivity contribution >= 4 is 0 Å². The van der Waals surface area contributed by atoms with Gasteiger partial charge in [-0.3, -0.25) is 0 Å². The van der Waals surface area contributed by atoms with E-state index >= 15 is 0 Å². The summed E-state index contributed by atoms with van der Waals surface area (Å²) in [6.07, 6.45) is 3.42. The minimum atomic E-state index is -0.497. The molecule has 0 unspecified atom stereocenters. The first-order valence-corrected chi connectivity index (χ1v) is 8.61. The summed E-state index contributed by atoms with van der Waals surface area (Å²) in [5.41, 5.74) is 2.61. The summed E-state index contributed by atoms with van der Waals surface area (Å²) in [4.78, 5) is 0. The Kier molecular flexibility index (Phi) is 3.55. The van der Waals surface area contributed by atoms with Gasteiger partial charge in [0.2, 0.25) is 0 Å². The van der Waals surface area contributed by atoms with Crippen LogP contribution in [-0.2, 0) is 9.47 Å². The Morgan fingerprint density at radius 3 is 1.61 bits per heavy atom. The Labute approximate surface area is 138 Å². The largest absolute Gasteiger partial charge is 0.342 e. The summed E-state index contributed by atoms with van der Waals surface area (Å²) in [6.45, 7) is 4.41. The molecular formula is C21H24O2. The molecule has 0 bridgehead atoms. The Balaban J connectivity index is 1.62. The van der Waals surface area contributed by atoms with E-state index in [1.54, 1.807) is 0 Å². The molecule has 0 N–H and O–H groups in total. The molecule has 0 radical (unpaired) electrons. The molecule has 0 amide bonds. The molecule has 0 spiro atoms. The van der Waals surface area contributed by atoms with Crippen LogP contribution in [0.2, 0.25) is 0 Å². The Hall–Kier alpha value is -1.64. The summed E-state index contributed by atoms with van der Waals surface area (Å²) < 4.78 is 13.0. The van der Waals surface area contributed by atoms with Crippen molar-refractivity contribution in [2.75, 3.05) is 0 Å². The summed E-state index contributed by atoms with van der Waals surface area (Å²) in [5, 5.41) is 0. The van der Waals surface area contributed by atoms with E-state index in [1.807, 2.05) is 0 Å². The van der Waals surface area contributed by atoms with Crippen LogP contribution < -0.4 is 0 Å². The zero-order chi connectivity index (χ0) is 15.9. The highest BCUT2D eigenvalue weighted by Crippen LogP contribution is 2.64. The van der Waals surface area contributed by atoms with Crippen LogP contribution in [0.4, 0.5) is 0 Å². The lowest BCUT2D eigenvalue weighted by molar-refractivity contribution is -0.237. The fraction of sp³-hybridized carbons (Fsp3) is 0.429. The smallest absolute Gasteiger partial charge is 0.172 e. The van der Waals surface area contributed by atoms with Crippen LogP contribution in [0.25, 0.3) is 0 Å². The molecular weight excluding hydrogens is 284 g/mol. The fourth-order valence-electron chi connectivity index (χ4n) is 4.38. The van der Waals surface area contributed by atoms with Crippen LogP contribution >= 0.6 is 0 Å². The molecule has 0 aliphatic carbocycles. The predicted octanol–water partition coefficient (Wildman–Crippen LogP) is 5.42. The van der Waals surface area contributed by atoms with Gasteiger partial charge in [0.15, 0.2) is 5.79 Å². The molecule has 2 saturated heterocycles. The van der Waals surface area contributed by atoms with Crippen molar-refractivity contribution in [3.8, 4) is 0 Å². The van der Waals surface area contributed by atoms with Crippen LogP contribution in [0, 0.1) is 5.41 Å². The lowest BCUT2D eigenvalue weighted by atomic mass is 9.73. The van der Waals surface area contributed by atoms with Crippen LogP contribution in [0.3, 0.4) is 0 Å². The maximum atomic E-state index is 6.48. The lowest BCUT2D eigenvalue weighted by Gasteiger charge is -2.33. The molecule has 120 valence electrons. The first-order chi connectivity index (χ1) is 11.2. The molecule has 2 aliphatic rings. The van der Waals surface area contributed by atoms with Crippen molar-refractivity contribution in [1.82, 2.24) is 0 Å². The lowest BCUT2D eigenvalue weighted by Crippen LogP contribution is -2.38. The predicted molar refractivity (Wildman–Crippen MR) is 90.9 cm³/mol. The third kappa shape index (κ3) is 2.32. The molecule has 2 aromatic rings. The number of benzene rings is 2. The normalized spacial score (nSPS) is 36.1. The standard InChI is InChI=1S/C21H24O2/c1-3-21-14-18(16-10-6-4-7-11-16)22-20(21,2)23-19(15-21)17-12-8-5-9-13-17/h4-13,18-19H,3,14-15H2,1-2H3/t18-,19-,20?,21?/m1/s1. The summed E-state index contributed by atoms with van der Waals surface area (Å²) in [5.74, 6) is -0.497. The van der Waals surface area contributed by atoms with E-state index in [1.165, 1.54) is 11.1 Å². The van der Waals surface area contributed by atoms with Crippen molar-refractivity contribution in [2.24, 2.45) is 5.41 Å². The minimum absolute atomic E-state index is 0.0913. The van der Waals surface area contributed by atoms with E-state index in [0.29, 0.717) is 0 Å². The van der Waals surface area contributed by atoms with Crippen LogP contribution in [0.1, 0.15) is 56.4 Å². The van der Waals surface area contributed by atoms with Gasteiger partial charge in [-0.05, 0) is 37.3 Å². The zero-order valence-corrected chi connectivity index (χ0v) is 13.9. The summed E-state index contributed by atoms with van der Waals surface area (Å²) in [6, 6.07) is 21.1. The minimum Gasteiger partial charge on any atom is -0.342 e. The summed E-state index contributed by atoms with van der Waals surface area (Å²) in [7, 11) is 0. The highest BCUT2D eigenvalue weighted by Gasteiger charge is 2.63. The molecule has 2 aromatic carbocycles. The second-order valence-corrected chi connectivity index (χ2v) is 7.02. The van der Waals surface area contributed by atoms with E-state index in [0.717, 1.165) is 19.3 Å². The summed E-state index contributed by atoms with van der Waals surface area (Å²) >= 11 is 0. The van der Waals surface area contributed by atoms with Gasteiger partial charge in [0, 0.05) is 5.41 Å². The monoisotopic (exact) mass is 308 g/mol. The van der Waals surface area contributed by atoms with Crippen LogP contribution in [0.15, 0.2) is 60.7 Å². The van der Waals surface area contributed by atoms with Gasteiger partial charge in [0.1, 0.15) is 0 Å². The average molecular weight is 308 g/mol. The number of rotatable bonds is 3. The van der Waals surface area contributed by atoms with E-state index in [9.17, 15) is 0 Å². The number of ether oxygens (including phenoxy) is 2. The molecule has 2 fully saturated rings. The van der Waals surface area contributed by atoms with Gasteiger partial charge in [-0.1, -0.05) is 67.6 Å². The maximum Gasteiger partial charge on any atom is 0.172 e. The van der Waals surface area contributed by atoms with Gasteiger partial charge in [0.25, 0.3) is 0 Å². The SMILES string of the molecule is CCC12C[C@H](c3ccccc3)OC1(C)O[C@@H](c1ccccc1)C2. The highest BCUT2D eigenvalue weighted by atomic mass is 16.7. The van der Waals surface area contributed by atoms with Gasteiger partial charge in [-0.25, -0.2) is 0 Å². The third-order valence-corrected chi connectivity index (χ3v) is 5.87. The highest BCUT2D eigenvalue weighted by molar-refractivity contribution is 5.24. The molecule has 0 aromatic heterocycles. The van der Waals surface area contributed by atoms with Crippen molar-refractivity contribution in [2.45, 2.75) is 51.1 Å². The molecule has 2 atom stereocenters. The van der Waals surface area contributed by atoms with Crippen molar-refractivity contribution in [3.05, 3.63) is 71.8 Å². The Morgan fingerprint density at radius 2 is 1.26 bits per heavy atom. The van der Waals surface area contributed by atoms with Crippen molar-refractivity contribution in [3.63, 3.8) is 0 Å². The van der Waals surface area contributed by atoms with Gasteiger partial charge in [-0.15, -0.1) is 0 Å². The molecule has 2 heteroatoms. The molecule has 2 nitrogen and oxygen atoms in total.